The Labute approximate surface area is 184 Å². The van der Waals surface area contributed by atoms with Crippen molar-refractivity contribution in [1.29, 1.82) is 0 Å². The third-order valence-electron chi connectivity index (χ3n) is 7.38. The van der Waals surface area contributed by atoms with E-state index in [1.54, 1.807) is 12.1 Å². The smallest absolute Gasteiger partial charge is 0.254 e. The number of carbonyl (C=O) groups excluding carboxylic acids is 2. The average Bonchev–Trinajstić information content (AvgIpc) is 3.51. The standard InChI is InChI=1S/C24H33N3O4/c28-23(19-8-9-20-21(16-19)31-17-30-20)27-14-12-25(13-15-27)22(18-6-2-3-7-18)24(29)26-10-4-1-5-11-26/h8-9,16,18,22H,1-7,10-15,17H2/t22-/m0/s1. The average molecular weight is 428 g/mol. The van der Waals surface area contributed by atoms with Gasteiger partial charge < -0.3 is 19.3 Å². The summed E-state index contributed by atoms with van der Waals surface area (Å²) in [5.41, 5.74) is 0.634. The van der Waals surface area contributed by atoms with Crippen LogP contribution in [0.1, 0.15) is 55.3 Å². The number of fused-ring (bicyclic) bond motifs is 1. The Morgan fingerprint density at radius 2 is 1.52 bits per heavy atom. The molecule has 5 rings (SSSR count). The van der Waals surface area contributed by atoms with E-state index in [2.05, 4.69) is 9.80 Å². The maximum atomic E-state index is 13.5. The quantitative estimate of drug-likeness (QED) is 0.740. The highest BCUT2D eigenvalue weighted by Crippen LogP contribution is 2.34. The van der Waals surface area contributed by atoms with Gasteiger partial charge in [0.2, 0.25) is 12.7 Å². The minimum absolute atomic E-state index is 0.0107. The lowest BCUT2D eigenvalue weighted by Crippen LogP contribution is -2.59. The van der Waals surface area contributed by atoms with Gasteiger partial charge in [0.25, 0.3) is 5.91 Å². The molecule has 1 aromatic rings. The summed E-state index contributed by atoms with van der Waals surface area (Å²) in [5.74, 6) is 2.15. The zero-order chi connectivity index (χ0) is 21.2. The number of amides is 2. The van der Waals surface area contributed by atoms with E-state index in [4.69, 9.17) is 9.47 Å². The van der Waals surface area contributed by atoms with Crippen LogP contribution in [0, 0.1) is 5.92 Å². The second kappa shape index (κ2) is 9.07. The van der Waals surface area contributed by atoms with Gasteiger partial charge >= 0.3 is 0 Å². The highest BCUT2D eigenvalue weighted by atomic mass is 16.7. The molecule has 4 aliphatic rings. The van der Waals surface area contributed by atoms with Gasteiger partial charge in [0, 0.05) is 44.8 Å². The van der Waals surface area contributed by atoms with Crippen LogP contribution >= 0.6 is 0 Å². The summed E-state index contributed by atoms with van der Waals surface area (Å²) in [6.07, 6.45) is 8.26. The molecular formula is C24H33N3O4. The number of ether oxygens (including phenoxy) is 2. The summed E-state index contributed by atoms with van der Waals surface area (Å²) in [5, 5.41) is 0. The predicted molar refractivity (Wildman–Crippen MR) is 116 cm³/mol. The molecule has 0 aromatic heterocycles. The number of likely N-dealkylation sites (tertiary alicyclic amines) is 1. The number of rotatable bonds is 4. The Morgan fingerprint density at radius 3 is 2.26 bits per heavy atom. The number of nitrogens with zero attached hydrogens (tertiary/aromatic N) is 3. The Balaban J connectivity index is 1.24. The highest BCUT2D eigenvalue weighted by molar-refractivity contribution is 5.95. The number of benzene rings is 1. The molecule has 0 bridgehead atoms. The van der Waals surface area contributed by atoms with Crippen LogP contribution < -0.4 is 9.47 Å². The fourth-order valence-electron chi connectivity index (χ4n) is 5.65. The number of piperidine rings is 1. The fraction of sp³-hybridized carbons (Fsp3) is 0.667. The van der Waals surface area contributed by atoms with E-state index in [9.17, 15) is 9.59 Å². The van der Waals surface area contributed by atoms with Crippen molar-refractivity contribution in [2.45, 2.75) is 51.0 Å². The number of hydrogen-bond donors (Lipinski definition) is 0. The van der Waals surface area contributed by atoms with Gasteiger partial charge in [0.1, 0.15) is 0 Å². The van der Waals surface area contributed by atoms with Crippen LogP contribution in [0.25, 0.3) is 0 Å². The van der Waals surface area contributed by atoms with Gasteiger partial charge in [-0.2, -0.15) is 0 Å². The van der Waals surface area contributed by atoms with E-state index in [1.165, 1.54) is 19.3 Å². The van der Waals surface area contributed by atoms with Crippen molar-refractivity contribution in [3.05, 3.63) is 23.8 Å². The molecule has 0 spiro atoms. The van der Waals surface area contributed by atoms with Gasteiger partial charge in [0.15, 0.2) is 11.5 Å². The topological polar surface area (TPSA) is 62.3 Å². The molecule has 1 saturated carbocycles. The summed E-state index contributed by atoms with van der Waals surface area (Å²) >= 11 is 0. The van der Waals surface area contributed by atoms with E-state index in [1.807, 2.05) is 11.0 Å². The third kappa shape index (κ3) is 4.25. The molecule has 1 aliphatic carbocycles. The number of hydrogen-bond acceptors (Lipinski definition) is 5. The molecular weight excluding hydrogens is 394 g/mol. The van der Waals surface area contributed by atoms with Gasteiger partial charge in [0.05, 0.1) is 6.04 Å². The first-order valence-corrected chi connectivity index (χ1v) is 11.9. The summed E-state index contributed by atoms with van der Waals surface area (Å²) in [4.78, 5) is 32.9. The molecule has 31 heavy (non-hydrogen) atoms. The SMILES string of the molecule is O=C(c1ccc2c(c1)OCO2)N1CCN([C@H](C(=O)N2CCCCC2)C2CCCC2)CC1. The summed E-state index contributed by atoms with van der Waals surface area (Å²) in [7, 11) is 0. The van der Waals surface area contributed by atoms with Crippen molar-refractivity contribution in [2.24, 2.45) is 5.92 Å². The van der Waals surface area contributed by atoms with Crippen molar-refractivity contribution < 1.29 is 19.1 Å². The molecule has 2 saturated heterocycles. The van der Waals surface area contributed by atoms with Crippen LogP contribution in [0.2, 0.25) is 0 Å². The van der Waals surface area contributed by atoms with E-state index in [0.717, 1.165) is 51.9 Å². The van der Waals surface area contributed by atoms with Gasteiger partial charge in [-0.3, -0.25) is 14.5 Å². The minimum Gasteiger partial charge on any atom is -0.454 e. The van der Waals surface area contributed by atoms with Crippen molar-refractivity contribution >= 4 is 11.8 Å². The number of piperazine rings is 1. The molecule has 7 nitrogen and oxygen atoms in total. The monoisotopic (exact) mass is 427 g/mol. The van der Waals surface area contributed by atoms with Crippen LogP contribution in [0.4, 0.5) is 0 Å². The molecule has 168 valence electrons. The number of carbonyl (C=O) groups is 2. The van der Waals surface area contributed by atoms with E-state index >= 15 is 0 Å². The van der Waals surface area contributed by atoms with Crippen LogP contribution in [0.5, 0.6) is 11.5 Å². The fourth-order valence-corrected chi connectivity index (χ4v) is 5.65. The minimum atomic E-state index is -0.0107. The van der Waals surface area contributed by atoms with Crippen LogP contribution in [-0.4, -0.2) is 78.6 Å². The molecule has 1 aromatic carbocycles. The predicted octanol–water partition coefficient (Wildman–Crippen LogP) is 2.74. The van der Waals surface area contributed by atoms with Crippen LogP contribution in [0.15, 0.2) is 18.2 Å². The molecule has 0 unspecified atom stereocenters. The van der Waals surface area contributed by atoms with Crippen molar-refractivity contribution in [1.82, 2.24) is 14.7 Å². The van der Waals surface area contributed by atoms with Crippen LogP contribution in [-0.2, 0) is 4.79 Å². The first-order valence-electron chi connectivity index (χ1n) is 11.9. The lowest BCUT2D eigenvalue weighted by molar-refractivity contribution is -0.140. The first kappa shape index (κ1) is 20.6. The molecule has 3 fully saturated rings. The Morgan fingerprint density at radius 1 is 0.806 bits per heavy atom. The molecule has 0 radical (unpaired) electrons. The normalized spacial score (nSPS) is 23.2. The third-order valence-corrected chi connectivity index (χ3v) is 7.38. The highest BCUT2D eigenvalue weighted by Gasteiger charge is 2.39. The summed E-state index contributed by atoms with van der Waals surface area (Å²) in [6, 6.07) is 5.38. The summed E-state index contributed by atoms with van der Waals surface area (Å²) in [6.45, 7) is 4.86. The van der Waals surface area contributed by atoms with E-state index in [0.29, 0.717) is 42.0 Å². The van der Waals surface area contributed by atoms with Crippen LogP contribution in [0.3, 0.4) is 0 Å². The maximum Gasteiger partial charge on any atom is 0.254 e. The van der Waals surface area contributed by atoms with E-state index < -0.39 is 0 Å². The van der Waals surface area contributed by atoms with Gasteiger partial charge in [-0.05, 0) is 56.2 Å². The zero-order valence-corrected chi connectivity index (χ0v) is 18.3. The van der Waals surface area contributed by atoms with Gasteiger partial charge in [-0.1, -0.05) is 12.8 Å². The summed E-state index contributed by atoms with van der Waals surface area (Å²) < 4.78 is 10.8. The zero-order valence-electron chi connectivity index (χ0n) is 18.3. The Bertz CT molecular complexity index is 809. The molecule has 2 amide bonds. The Hall–Kier alpha value is -2.28. The van der Waals surface area contributed by atoms with Crippen molar-refractivity contribution in [3.63, 3.8) is 0 Å². The van der Waals surface area contributed by atoms with Crippen molar-refractivity contribution in [3.8, 4) is 11.5 Å². The molecule has 0 N–H and O–H groups in total. The largest absolute Gasteiger partial charge is 0.454 e. The second-order valence-electron chi connectivity index (χ2n) is 9.27. The van der Waals surface area contributed by atoms with Gasteiger partial charge in [-0.25, -0.2) is 0 Å². The molecule has 1 atom stereocenters. The molecule has 3 heterocycles. The first-order chi connectivity index (χ1) is 15.2. The Kier molecular flexibility index (Phi) is 6.03. The molecule has 3 aliphatic heterocycles. The lowest BCUT2D eigenvalue weighted by Gasteiger charge is -2.43. The van der Waals surface area contributed by atoms with Crippen molar-refractivity contribution in [2.75, 3.05) is 46.1 Å². The lowest BCUT2D eigenvalue weighted by atomic mass is 9.93. The van der Waals surface area contributed by atoms with Gasteiger partial charge in [-0.15, -0.1) is 0 Å². The maximum absolute atomic E-state index is 13.5. The second-order valence-corrected chi connectivity index (χ2v) is 9.27. The molecule has 7 heteroatoms. The van der Waals surface area contributed by atoms with E-state index in [-0.39, 0.29) is 18.7 Å².